The van der Waals surface area contributed by atoms with Crippen molar-refractivity contribution in [2.24, 2.45) is 0 Å². The Morgan fingerprint density at radius 3 is 2.68 bits per heavy atom. The third-order valence-corrected chi connectivity index (χ3v) is 5.16. The first-order valence-electron chi connectivity index (χ1n) is 6.53. The Balaban J connectivity index is 2.36. The fourth-order valence-corrected chi connectivity index (χ4v) is 4.71. The van der Waals surface area contributed by atoms with Gasteiger partial charge in [0.25, 0.3) is 0 Å². The largest absolute Gasteiger partial charge is 0.494 e. The minimum absolute atomic E-state index is 0.126. The van der Waals surface area contributed by atoms with Crippen LogP contribution in [0.1, 0.15) is 32.4 Å². The predicted octanol–water partition coefficient (Wildman–Crippen LogP) is 1.92. The van der Waals surface area contributed by atoms with Crippen LogP contribution in [0.2, 0.25) is 0 Å². The van der Waals surface area contributed by atoms with Crippen LogP contribution in [0.5, 0.6) is 5.75 Å². The maximum atomic E-state index is 12.0. The highest BCUT2D eigenvalue weighted by molar-refractivity contribution is 7.91. The van der Waals surface area contributed by atoms with Gasteiger partial charge >= 0.3 is 0 Å². The number of hydrogen-bond acceptors (Lipinski definition) is 4. The van der Waals surface area contributed by atoms with Gasteiger partial charge in [0.15, 0.2) is 9.84 Å². The second kappa shape index (κ2) is 5.13. The Morgan fingerprint density at radius 2 is 2.05 bits per heavy atom. The van der Waals surface area contributed by atoms with E-state index in [0.717, 1.165) is 11.3 Å². The second-order valence-electron chi connectivity index (χ2n) is 5.61. The highest BCUT2D eigenvalue weighted by atomic mass is 32.2. The molecule has 1 saturated heterocycles. The van der Waals surface area contributed by atoms with Gasteiger partial charge in [0.05, 0.1) is 24.2 Å². The van der Waals surface area contributed by atoms with Gasteiger partial charge in [0.1, 0.15) is 5.75 Å². The van der Waals surface area contributed by atoms with Gasteiger partial charge in [-0.15, -0.1) is 0 Å². The number of ether oxygens (including phenoxy) is 1. The first-order chi connectivity index (χ1) is 8.83. The molecule has 1 aromatic carbocycles. The summed E-state index contributed by atoms with van der Waals surface area (Å²) in [5.41, 5.74) is 0.502. The maximum Gasteiger partial charge on any atom is 0.153 e. The molecule has 1 N–H and O–H groups in total. The van der Waals surface area contributed by atoms with E-state index in [2.05, 4.69) is 5.32 Å². The summed E-state index contributed by atoms with van der Waals surface area (Å²) in [5.74, 6) is 1.06. The zero-order valence-electron chi connectivity index (χ0n) is 11.6. The van der Waals surface area contributed by atoms with Crippen molar-refractivity contribution in [3.63, 3.8) is 0 Å². The smallest absolute Gasteiger partial charge is 0.153 e. The molecule has 0 aliphatic carbocycles. The zero-order chi connectivity index (χ0) is 14.1. The summed E-state index contributed by atoms with van der Waals surface area (Å²) in [5, 5.41) is 3.40. The summed E-state index contributed by atoms with van der Waals surface area (Å²) in [7, 11) is -3.04. The molecule has 2 rings (SSSR count). The lowest BCUT2D eigenvalue weighted by atomic mass is 10.0. The van der Waals surface area contributed by atoms with E-state index >= 15 is 0 Å². The number of nitrogens with one attached hydrogen (secondary N) is 1. The molecule has 0 spiro atoms. The molecule has 1 atom stereocenters. The Kier molecular flexibility index (Phi) is 3.87. The van der Waals surface area contributed by atoms with Crippen molar-refractivity contribution in [3.05, 3.63) is 29.8 Å². The van der Waals surface area contributed by atoms with Crippen molar-refractivity contribution in [2.45, 2.75) is 32.4 Å². The molecule has 1 aliphatic heterocycles. The molecule has 1 aliphatic rings. The van der Waals surface area contributed by atoms with E-state index in [-0.39, 0.29) is 17.5 Å². The van der Waals surface area contributed by atoms with Crippen LogP contribution < -0.4 is 10.1 Å². The third kappa shape index (κ3) is 3.48. The van der Waals surface area contributed by atoms with E-state index < -0.39 is 15.4 Å². The Hall–Kier alpha value is -1.07. The van der Waals surface area contributed by atoms with Crippen molar-refractivity contribution >= 4 is 9.84 Å². The fourth-order valence-electron chi connectivity index (χ4n) is 2.64. The van der Waals surface area contributed by atoms with Crippen LogP contribution >= 0.6 is 0 Å². The fraction of sp³-hybridized carbons (Fsp3) is 0.571. The molecule has 106 valence electrons. The lowest BCUT2D eigenvalue weighted by Gasteiger charge is -2.37. The van der Waals surface area contributed by atoms with Crippen molar-refractivity contribution in [3.8, 4) is 5.75 Å². The monoisotopic (exact) mass is 283 g/mol. The highest BCUT2D eigenvalue weighted by Gasteiger charge is 2.37. The van der Waals surface area contributed by atoms with E-state index in [1.165, 1.54) is 0 Å². The summed E-state index contributed by atoms with van der Waals surface area (Å²) < 4.78 is 29.7. The first kappa shape index (κ1) is 14.3. The van der Waals surface area contributed by atoms with Crippen molar-refractivity contribution < 1.29 is 13.2 Å². The van der Waals surface area contributed by atoms with Gasteiger partial charge in [-0.05, 0) is 26.8 Å². The highest BCUT2D eigenvalue weighted by Crippen LogP contribution is 2.31. The van der Waals surface area contributed by atoms with Crippen molar-refractivity contribution in [1.82, 2.24) is 5.32 Å². The van der Waals surface area contributed by atoms with Gasteiger partial charge in [-0.2, -0.15) is 0 Å². The molecule has 1 heterocycles. The minimum Gasteiger partial charge on any atom is -0.494 e. The van der Waals surface area contributed by atoms with Crippen LogP contribution in [0.15, 0.2) is 24.3 Å². The molecular formula is C14H21NO3S. The Labute approximate surface area is 115 Å². The summed E-state index contributed by atoms with van der Waals surface area (Å²) in [6, 6.07) is 7.41. The van der Waals surface area contributed by atoms with E-state index in [9.17, 15) is 8.42 Å². The van der Waals surface area contributed by atoms with Crippen LogP contribution in [0.4, 0.5) is 0 Å². The van der Waals surface area contributed by atoms with E-state index in [4.69, 9.17) is 4.74 Å². The molecule has 1 aromatic rings. The lowest BCUT2D eigenvalue weighted by molar-refractivity contribution is 0.319. The average molecular weight is 283 g/mol. The van der Waals surface area contributed by atoms with Gasteiger partial charge < -0.3 is 10.1 Å². The minimum atomic E-state index is -3.04. The zero-order valence-corrected chi connectivity index (χ0v) is 12.5. The van der Waals surface area contributed by atoms with Crippen molar-refractivity contribution in [2.75, 3.05) is 18.1 Å². The molecule has 0 saturated carbocycles. The third-order valence-electron chi connectivity index (χ3n) is 3.16. The van der Waals surface area contributed by atoms with Crippen LogP contribution in [0.25, 0.3) is 0 Å². The van der Waals surface area contributed by atoms with Gasteiger partial charge in [0, 0.05) is 11.1 Å². The first-order valence-corrected chi connectivity index (χ1v) is 8.35. The molecule has 0 radical (unpaired) electrons. The van der Waals surface area contributed by atoms with E-state index in [1.807, 2.05) is 45.0 Å². The number of para-hydroxylation sites is 1. The summed E-state index contributed by atoms with van der Waals surface area (Å²) >= 11 is 0. The molecule has 5 heteroatoms. The molecule has 0 bridgehead atoms. The maximum absolute atomic E-state index is 12.0. The number of rotatable bonds is 3. The summed E-state index contributed by atoms with van der Waals surface area (Å²) in [4.78, 5) is 0. The van der Waals surface area contributed by atoms with Crippen LogP contribution in [0, 0.1) is 0 Å². The molecule has 1 unspecified atom stereocenters. The SMILES string of the molecule is CCOc1ccccc1C1CS(=O)(=O)CC(C)(C)N1. The molecule has 0 amide bonds. The predicted molar refractivity (Wildman–Crippen MR) is 76.2 cm³/mol. The van der Waals surface area contributed by atoms with Crippen LogP contribution in [-0.2, 0) is 9.84 Å². The summed E-state index contributed by atoms with van der Waals surface area (Å²) in [6.07, 6.45) is 0. The van der Waals surface area contributed by atoms with E-state index in [0.29, 0.717) is 6.61 Å². The second-order valence-corrected chi connectivity index (χ2v) is 7.72. The Bertz CT molecular complexity index is 552. The van der Waals surface area contributed by atoms with E-state index in [1.54, 1.807) is 0 Å². The topological polar surface area (TPSA) is 55.4 Å². The average Bonchev–Trinajstić information content (AvgIpc) is 2.26. The van der Waals surface area contributed by atoms with Crippen LogP contribution in [-0.4, -0.2) is 32.1 Å². The van der Waals surface area contributed by atoms with Gasteiger partial charge in [-0.3, -0.25) is 0 Å². The molecule has 19 heavy (non-hydrogen) atoms. The van der Waals surface area contributed by atoms with Crippen molar-refractivity contribution in [1.29, 1.82) is 0 Å². The quantitative estimate of drug-likeness (QED) is 0.921. The number of hydrogen-bond donors (Lipinski definition) is 1. The van der Waals surface area contributed by atoms with Gasteiger partial charge in [-0.1, -0.05) is 18.2 Å². The number of sulfone groups is 1. The molecule has 4 nitrogen and oxygen atoms in total. The molecule has 1 fully saturated rings. The normalized spacial score (nSPS) is 24.9. The van der Waals surface area contributed by atoms with Crippen LogP contribution in [0.3, 0.4) is 0 Å². The lowest BCUT2D eigenvalue weighted by Crippen LogP contribution is -2.54. The number of benzene rings is 1. The Morgan fingerprint density at radius 1 is 1.37 bits per heavy atom. The van der Waals surface area contributed by atoms with Gasteiger partial charge in [0.2, 0.25) is 0 Å². The molecular weight excluding hydrogens is 262 g/mol. The van der Waals surface area contributed by atoms with Gasteiger partial charge in [-0.25, -0.2) is 8.42 Å². The standard InChI is InChI=1S/C14H21NO3S/c1-4-18-13-8-6-5-7-11(13)12-9-19(16,17)10-14(2,3)15-12/h5-8,12,15H,4,9-10H2,1-3H3. The molecule has 0 aromatic heterocycles. The summed E-state index contributed by atoms with van der Waals surface area (Å²) in [6.45, 7) is 6.33.